The van der Waals surface area contributed by atoms with Gasteiger partial charge in [0, 0.05) is 11.8 Å². The molecule has 1 aromatic rings. The Bertz CT molecular complexity index is 200. The maximum atomic E-state index is 4.86. The minimum absolute atomic E-state index is 0.588. The Kier molecular flexibility index (Phi) is 1.63. The van der Waals surface area contributed by atoms with Gasteiger partial charge in [0.2, 0.25) is 12.2 Å². The van der Waals surface area contributed by atoms with Gasteiger partial charge in [-0.05, 0) is 6.92 Å². The lowest BCUT2D eigenvalue weighted by atomic mass is 10.4. The maximum Gasteiger partial charge on any atom is 0.219 e. The average molecular weight is 123 g/mol. The second-order valence-electron chi connectivity index (χ2n) is 1.66. The van der Waals surface area contributed by atoms with Crippen molar-refractivity contribution in [1.29, 1.82) is 0 Å². The first kappa shape index (κ1) is 6.01. The van der Waals surface area contributed by atoms with Crippen LogP contribution in [-0.4, -0.2) is 17.1 Å². The van der Waals surface area contributed by atoms with Crippen LogP contribution in [0.15, 0.2) is 6.20 Å². The summed E-state index contributed by atoms with van der Waals surface area (Å²) in [5, 5.41) is 0. The molecule has 0 N–H and O–H groups in total. The lowest BCUT2D eigenvalue weighted by molar-refractivity contribution is 0.393. The number of rotatable bonds is 1. The van der Waals surface area contributed by atoms with Crippen LogP contribution in [0.25, 0.3) is 0 Å². The summed E-state index contributed by atoms with van der Waals surface area (Å²) in [6.07, 6.45) is 4.09. The highest BCUT2D eigenvalue weighted by atomic mass is 16.5. The van der Waals surface area contributed by atoms with E-state index in [0.29, 0.717) is 5.88 Å². The van der Waals surface area contributed by atoms with E-state index >= 15 is 0 Å². The largest absolute Gasteiger partial charge is 0.481 e. The van der Waals surface area contributed by atoms with Gasteiger partial charge in [-0.15, -0.1) is 0 Å². The predicted octanol–water partition coefficient (Wildman–Crippen LogP) is 0.594. The molecule has 3 heteroatoms. The molecule has 0 bridgehead atoms. The molecule has 47 valence electrons. The van der Waals surface area contributed by atoms with E-state index in [2.05, 4.69) is 16.3 Å². The molecule has 0 aromatic carbocycles. The third kappa shape index (κ3) is 1.16. The third-order valence-corrected chi connectivity index (χ3v) is 0.998. The lowest BCUT2D eigenvalue weighted by Crippen LogP contribution is -1.90. The molecule has 0 unspecified atom stereocenters. The lowest BCUT2D eigenvalue weighted by Gasteiger charge is -1.97. The summed E-state index contributed by atoms with van der Waals surface area (Å²) in [6, 6.07) is 0. The Morgan fingerprint density at radius 3 is 2.89 bits per heavy atom. The van der Waals surface area contributed by atoms with Crippen molar-refractivity contribution in [2.45, 2.75) is 6.92 Å². The predicted molar refractivity (Wildman–Crippen MR) is 32.2 cm³/mol. The molecule has 1 radical (unpaired) electrons. The van der Waals surface area contributed by atoms with Gasteiger partial charge in [0.25, 0.3) is 0 Å². The van der Waals surface area contributed by atoms with Gasteiger partial charge in [-0.2, -0.15) is 4.98 Å². The number of aromatic nitrogens is 2. The van der Waals surface area contributed by atoms with Gasteiger partial charge < -0.3 is 4.74 Å². The summed E-state index contributed by atoms with van der Waals surface area (Å²) < 4.78 is 4.86. The van der Waals surface area contributed by atoms with Crippen molar-refractivity contribution in [1.82, 2.24) is 9.97 Å². The fraction of sp³-hybridized carbons (Fsp3) is 0.333. The highest BCUT2D eigenvalue weighted by Gasteiger charge is 1.94. The Labute approximate surface area is 53.7 Å². The van der Waals surface area contributed by atoms with Crippen molar-refractivity contribution in [3.8, 4) is 5.88 Å². The van der Waals surface area contributed by atoms with Crippen LogP contribution < -0.4 is 4.74 Å². The standard InChI is InChI=1S/C6H7N2O/c1-5-3-7-4-8-6(5)9-2/h3H,1-2H3. The molecule has 0 saturated carbocycles. The minimum atomic E-state index is 0.588. The fourth-order valence-electron chi connectivity index (χ4n) is 0.550. The van der Waals surface area contributed by atoms with Crippen molar-refractivity contribution in [2.75, 3.05) is 7.11 Å². The second kappa shape index (κ2) is 2.44. The van der Waals surface area contributed by atoms with Crippen molar-refractivity contribution in [3.63, 3.8) is 0 Å². The molecule has 0 aliphatic rings. The van der Waals surface area contributed by atoms with E-state index in [1.807, 2.05) is 6.92 Å². The van der Waals surface area contributed by atoms with Crippen molar-refractivity contribution < 1.29 is 4.74 Å². The topological polar surface area (TPSA) is 35.0 Å². The van der Waals surface area contributed by atoms with Crippen LogP contribution in [0.3, 0.4) is 0 Å². The summed E-state index contributed by atoms with van der Waals surface area (Å²) >= 11 is 0. The normalized spacial score (nSPS) is 9.11. The third-order valence-electron chi connectivity index (χ3n) is 0.998. The number of methoxy groups -OCH3 is 1. The van der Waals surface area contributed by atoms with Gasteiger partial charge in [-0.3, -0.25) is 0 Å². The summed E-state index contributed by atoms with van der Waals surface area (Å²) in [7, 11) is 1.57. The van der Waals surface area contributed by atoms with Crippen LogP contribution in [0.1, 0.15) is 5.56 Å². The van der Waals surface area contributed by atoms with Crippen molar-refractivity contribution in [2.24, 2.45) is 0 Å². The van der Waals surface area contributed by atoms with E-state index in [9.17, 15) is 0 Å². The van der Waals surface area contributed by atoms with Crippen molar-refractivity contribution in [3.05, 3.63) is 18.1 Å². The van der Waals surface area contributed by atoms with Crippen LogP contribution in [0.4, 0.5) is 0 Å². The van der Waals surface area contributed by atoms with Gasteiger partial charge in [0.15, 0.2) is 0 Å². The molecule has 9 heavy (non-hydrogen) atoms. The number of nitrogens with zero attached hydrogens (tertiary/aromatic N) is 2. The summed E-state index contributed by atoms with van der Waals surface area (Å²) in [5.74, 6) is 0.588. The Hall–Kier alpha value is -1.12. The molecule has 0 fully saturated rings. The molecular formula is C6H7N2O. The Morgan fingerprint density at radius 1 is 1.67 bits per heavy atom. The zero-order valence-corrected chi connectivity index (χ0v) is 5.38. The number of aryl methyl sites for hydroxylation is 1. The first-order valence-electron chi connectivity index (χ1n) is 2.58. The van der Waals surface area contributed by atoms with Crippen LogP contribution in [0.2, 0.25) is 0 Å². The zero-order chi connectivity index (χ0) is 6.69. The molecule has 0 saturated heterocycles. The first-order valence-corrected chi connectivity index (χ1v) is 2.58. The van der Waals surface area contributed by atoms with Gasteiger partial charge in [0.05, 0.1) is 7.11 Å². The first-order chi connectivity index (χ1) is 4.34. The van der Waals surface area contributed by atoms with E-state index in [1.54, 1.807) is 13.3 Å². The molecule has 3 nitrogen and oxygen atoms in total. The van der Waals surface area contributed by atoms with Gasteiger partial charge in [0.1, 0.15) is 0 Å². The SMILES string of the molecule is COc1n[c]ncc1C. The molecule has 1 heterocycles. The molecule has 1 rings (SSSR count). The highest BCUT2D eigenvalue weighted by molar-refractivity contribution is 5.18. The summed E-state index contributed by atoms with van der Waals surface area (Å²) in [5.41, 5.74) is 0.927. The molecule has 0 spiro atoms. The Balaban J connectivity index is 3.01. The fourth-order valence-corrected chi connectivity index (χ4v) is 0.550. The molecule has 1 aromatic heterocycles. The number of hydrogen-bond donors (Lipinski definition) is 0. The van der Waals surface area contributed by atoms with Gasteiger partial charge in [-0.1, -0.05) is 0 Å². The van der Waals surface area contributed by atoms with E-state index in [-0.39, 0.29) is 0 Å². The van der Waals surface area contributed by atoms with Crippen LogP contribution in [0, 0.1) is 13.3 Å². The summed E-state index contributed by atoms with van der Waals surface area (Å²) in [6.45, 7) is 1.88. The second-order valence-corrected chi connectivity index (χ2v) is 1.66. The number of hydrogen-bond acceptors (Lipinski definition) is 3. The Morgan fingerprint density at radius 2 is 2.44 bits per heavy atom. The average Bonchev–Trinajstić information content (AvgIpc) is 1.89. The molecule has 0 aliphatic carbocycles. The van der Waals surface area contributed by atoms with Crippen molar-refractivity contribution >= 4 is 0 Å². The molecule has 0 aliphatic heterocycles. The van der Waals surface area contributed by atoms with E-state index in [1.165, 1.54) is 0 Å². The zero-order valence-electron chi connectivity index (χ0n) is 5.38. The monoisotopic (exact) mass is 123 g/mol. The van der Waals surface area contributed by atoms with Gasteiger partial charge >= 0.3 is 0 Å². The number of ether oxygens (including phenoxy) is 1. The van der Waals surface area contributed by atoms with Gasteiger partial charge in [-0.25, -0.2) is 4.98 Å². The minimum Gasteiger partial charge on any atom is -0.481 e. The smallest absolute Gasteiger partial charge is 0.219 e. The molecular weight excluding hydrogens is 116 g/mol. The van der Waals surface area contributed by atoms with Crippen LogP contribution in [0.5, 0.6) is 5.88 Å². The van der Waals surface area contributed by atoms with E-state index in [4.69, 9.17) is 4.74 Å². The van der Waals surface area contributed by atoms with Crippen LogP contribution in [-0.2, 0) is 0 Å². The molecule has 0 atom stereocenters. The summed E-state index contributed by atoms with van der Waals surface area (Å²) in [4.78, 5) is 7.42. The molecule has 0 amide bonds. The maximum absolute atomic E-state index is 4.86. The van der Waals surface area contributed by atoms with Crippen LogP contribution >= 0.6 is 0 Å². The quantitative estimate of drug-likeness (QED) is 0.548. The van der Waals surface area contributed by atoms with E-state index in [0.717, 1.165) is 5.56 Å². The highest BCUT2D eigenvalue weighted by Crippen LogP contribution is 2.08. The van der Waals surface area contributed by atoms with E-state index < -0.39 is 0 Å².